The van der Waals surface area contributed by atoms with Gasteiger partial charge in [-0.15, -0.1) is 0 Å². The van der Waals surface area contributed by atoms with Crippen molar-refractivity contribution < 1.29 is 13.2 Å². The fraction of sp³-hybridized carbons (Fsp3) is 0.333. The Hall–Kier alpha value is -1.30. The highest BCUT2D eigenvalue weighted by Gasteiger charge is 2.35. The number of aryl methyl sites for hydroxylation is 2. The van der Waals surface area contributed by atoms with E-state index in [0.717, 1.165) is 10.6 Å². The molecule has 0 spiro atoms. The molecule has 3 nitrogen and oxygen atoms in total. The number of hydrogen-bond donors (Lipinski definition) is 0. The Balaban J connectivity index is 2.89. The lowest BCUT2D eigenvalue weighted by Crippen LogP contribution is -2.07. The van der Waals surface area contributed by atoms with Crippen LogP contribution in [-0.4, -0.2) is 14.6 Å². The van der Waals surface area contributed by atoms with Crippen LogP contribution in [0, 0.1) is 13.8 Å². The Labute approximate surface area is 93.9 Å². The summed E-state index contributed by atoms with van der Waals surface area (Å²) in [6.45, 7) is 3.09. The fourth-order valence-corrected chi connectivity index (χ4v) is 1.83. The van der Waals surface area contributed by atoms with Gasteiger partial charge in [-0.05, 0) is 19.9 Å². The van der Waals surface area contributed by atoms with Crippen molar-refractivity contribution in [1.82, 2.24) is 14.6 Å². The van der Waals surface area contributed by atoms with Gasteiger partial charge in [0, 0.05) is 0 Å². The Kier molecular flexibility index (Phi) is 2.34. The number of halogens is 4. The van der Waals surface area contributed by atoms with Gasteiger partial charge in [0.2, 0.25) is 0 Å². The van der Waals surface area contributed by atoms with Crippen LogP contribution in [0.1, 0.15) is 17.1 Å². The second-order valence-electron chi connectivity index (χ2n) is 3.38. The molecule has 0 bridgehead atoms. The van der Waals surface area contributed by atoms with Crippen LogP contribution in [0.15, 0.2) is 6.07 Å². The highest BCUT2D eigenvalue weighted by Crippen LogP contribution is 2.36. The first kappa shape index (κ1) is 11.2. The van der Waals surface area contributed by atoms with Crippen LogP contribution in [0.5, 0.6) is 0 Å². The van der Waals surface area contributed by atoms with Gasteiger partial charge in [-0.2, -0.15) is 18.3 Å². The molecule has 0 fully saturated rings. The molecule has 0 saturated heterocycles. The third kappa shape index (κ3) is 1.63. The lowest BCUT2D eigenvalue weighted by atomic mass is 10.2. The standard InChI is InChI=1S/C9H7ClF3N3/c1-4-8-6(9(11,12)13)3-7(10)16(8)15-5(2)14-4/h3H,1-2H3. The maximum absolute atomic E-state index is 12.7. The Morgan fingerprint density at radius 1 is 1.31 bits per heavy atom. The van der Waals surface area contributed by atoms with Gasteiger partial charge in [0.05, 0.1) is 16.8 Å². The van der Waals surface area contributed by atoms with Crippen LogP contribution in [0.2, 0.25) is 5.15 Å². The smallest absolute Gasteiger partial charge is 0.234 e. The zero-order valence-corrected chi connectivity index (χ0v) is 9.19. The predicted molar refractivity (Wildman–Crippen MR) is 52.5 cm³/mol. The summed E-state index contributed by atoms with van der Waals surface area (Å²) in [6, 6.07) is 0.859. The normalized spacial score (nSPS) is 12.4. The van der Waals surface area contributed by atoms with E-state index in [0.29, 0.717) is 5.82 Å². The van der Waals surface area contributed by atoms with E-state index in [4.69, 9.17) is 11.6 Å². The topological polar surface area (TPSA) is 30.2 Å². The predicted octanol–water partition coefficient (Wildman–Crippen LogP) is 3.02. The molecular formula is C9H7ClF3N3. The van der Waals surface area contributed by atoms with E-state index in [2.05, 4.69) is 10.1 Å². The molecule has 86 valence electrons. The van der Waals surface area contributed by atoms with Crippen molar-refractivity contribution >= 4 is 17.1 Å². The summed E-state index contributed by atoms with van der Waals surface area (Å²) in [5.41, 5.74) is -0.648. The first-order valence-corrected chi connectivity index (χ1v) is 4.78. The molecule has 2 rings (SSSR count). The lowest BCUT2D eigenvalue weighted by Gasteiger charge is -2.06. The third-order valence-corrected chi connectivity index (χ3v) is 2.42. The summed E-state index contributed by atoms with van der Waals surface area (Å²) in [7, 11) is 0. The minimum atomic E-state index is -4.46. The second-order valence-corrected chi connectivity index (χ2v) is 3.77. The summed E-state index contributed by atoms with van der Waals surface area (Å²) in [4.78, 5) is 3.90. The lowest BCUT2D eigenvalue weighted by molar-refractivity contribution is -0.136. The number of fused-ring (bicyclic) bond motifs is 1. The largest absolute Gasteiger partial charge is 0.418 e. The van der Waals surface area contributed by atoms with Gasteiger partial charge in [0.1, 0.15) is 11.0 Å². The quantitative estimate of drug-likeness (QED) is 0.718. The summed E-state index contributed by atoms with van der Waals surface area (Å²) >= 11 is 5.70. The van der Waals surface area contributed by atoms with E-state index in [9.17, 15) is 13.2 Å². The van der Waals surface area contributed by atoms with Crippen molar-refractivity contribution in [2.24, 2.45) is 0 Å². The molecule has 0 aliphatic rings. The van der Waals surface area contributed by atoms with Crippen LogP contribution >= 0.6 is 11.6 Å². The van der Waals surface area contributed by atoms with Crippen molar-refractivity contribution in [2.45, 2.75) is 20.0 Å². The van der Waals surface area contributed by atoms with Crippen molar-refractivity contribution in [1.29, 1.82) is 0 Å². The number of nitrogens with zero attached hydrogens (tertiary/aromatic N) is 3. The summed E-state index contributed by atoms with van der Waals surface area (Å²) in [5, 5.41) is 3.77. The Morgan fingerprint density at radius 2 is 1.94 bits per heavy atom. The highest BCUT2D eigenvalue weighted by molar-refractivity contribution is 6.30. The van der Waals surface area contributed by atoms with Crippen LogP contribution in [-0.2, 0) is 6.18 Å². The average Bonchev–Trinajstić information content (AvgIpc) is 2.43. The molecule has 0 aromatic carbocycles. The van der Waals surface area contributed by atoms with E-state index in [-0.39, 0.29) is 16.4 Å². The molecule has 0 unspecified atom stereocenters. The van der Waals surface area contributed by atoms with Crippen LogP contribution < -0.4 is 0 Å². The third-order valence-electron chi connectivity index (χ3n) is 2.16. The monoisotopic (exact) mass is 249 g/mol. The van der Waals surface area contributed by atoms with Crippen molar-refractivity contribution in [3.63, 3.8) is 0 Å². The molecule has 2 heterocycles. The molecule has 2 aromatic rings. The van der Waals surface area contributed by atoms with Crippen LogP contribution in [0.3, 0.4) is 0 Å². The summed E-state index contributed by atoms with van der Waals surface area (Å²) in [5.74, 6) is 0.372. The van der Waals surface area contributed by atoms with Gasteiger partial charge in [-0.25, -0.2) is 9.50 Å². The van der Waals surface area contributed by atoms with Gasteiger partial charge >= 0.3 is 6.18 Å². The SMILES string of the molecule is Cc1nc(C)c2c(C(F)(F)F)cc(Cl)n2n1. The van der Waals surface area contributed by atoms with E-state index in [1.54, 1.807) is 6.92 Å². The van der Waals surface area contributed by atoms with Crippen molar-refractivity contribution in [2.75, 3.05) is 0 Å². The molecule has 0 aliphatic heterocycles. The molecule has 0 atom stereocenters. The van der Waals surface area contributed by atoms with Crippen LogP contribution in [0.25, 0.3) is 5.52 Å². The molecule has 0 N–H and O–H groups in total. The molecule has 0 radical (unpaired) electrons. The van der Waals surface area contributed by atoms with Gasteiger partial charge in [-0.1, -0.05) is 11.6 Å². The number of hydrogen-bond acceptors (Lipinski definition) is 2. The maximum atomic E-state index is 12.7. The highest BCUT2D eigenvalue weighted by atomic mass is 35.5. The second kappa shape index (κ2) is 3.35. The number of alkyl halides is 3. The van der Waals surface area contributed by atoms with E-state index in [1.807, 2.05) is 0 Å². The molecule has 2 aromatic heterocycles. The molecular weight excluding hydrogens is 243 g/mol. The van der Waals surface area contributed by atoms with E-state index in [1.165, 1.54) is 6.92 Å². The average molecular weight is 250 g/mol. The Bertz CT molecular complexity index is 559. The summed E-state index contributed by atoms with van der Waals surface area (Å²) < 4.78 is 39.1. The van der Waals surface area contributed by atoms with Gasteiger partial charge in [0.25, 0.3) is 0 Å². The fourth-order valence-electron chi connectivity index (χ4n) is 1.59. The molecule has 0 saturated carbocycles. The number of aromatic nitrogens is 3. The van der Waals surface area contributed by atoms with E-state index < -0.39 is 11.7 Å². The molecule has 0 amide bonds. The van der Waals surface area contributed by atoms with Crippen molar-refractivity contribution in [3.8, 4) is 0 Å². The minimum Gasteiger partial charge on any atom is -0.234 e. The molecule has 7 heteroatoms. The molecule has 0 aliphatic carbocycles. The first-order valence-electron chi connectivity index (χ1n) is 4.40. The first-order chi connectivity index (χ1) is 7.30. The minimum absolute atomic E-state index is 0.0732. The maximum Gasteiger partial charge on any atom is 0.418 e. The van der Waals surface area contributed by atoms with Gasteiger partial charge in [-0.3, -0.25) is 0 Å². The Morgan fingerprint density at radius 3 is 2.50 bits per heavy atom. The summed E-state index contributed by atoms with van der Waals surface area (Å²) in [6.07, 6.45) is -4.46. The zero-order chi connectivity index (χ0) is 12.1. The molecule has 16 heavy (non-hydrogen) atoms. The zero-order valence-electron chi connectivity index (χ0n) is 8.43. The van der Waals surface area contributed by atoms with Crippen LogP contribution in [0.4, 0.5) is 13.2 Å². The van der Waals surface area contributed by atoms with E-state index >= 15 is 0 Å². The van der Waals surface area contributed by atoms with Crippen molar-refractivity contribution in [3.05, 3.63) is 28.3 Å². The number of rotatable bonds is 0. The van der Waals surface area contributed by atoms with Gasteiger partial charge < -0.3 is 0 Å². The van der Waals surface area contributed by atoms with Gasteiger partial charge in [0.15, 0.2) is 0 Å².